The normalized spacial score (nSPS) is 12.5. The third kappa shape index (κ3) is 3.87. The summed E-state index contributed by atoms with van der Waals surface area (Å²) in [6.45, 7) is 1.81. The summed E-state index contributed by atoms with van der Waals surface area (Å²) in [7, 11) is -1.91. The summed E-state index contributed by atoms with van der Waals surface area (Å²) in [5.74, 6) is -0.430. The Morgan fingerprint density at radius 2 is 1.48 bits per heavy atom. The van der Waals surface area contributed by atoms with E-state index in [-0.39, 0.29) is 4.90 Å². The molecule has 0 amide bonds. The van der Waals surface area contributed by atoms with Crippen LogP contribution in [0, 0.1) is 0 Å². The van der Waals surface area contributed by atoms with Crippen LogP contribution in [0.3, 0.4) is 0 Å². The van der Waals surface area contributed by atoms with Crippen LogP contribution in [0.1, 0.15) is 18.1 Å². The molecular weight excluding hydrogens is 312 g/mol. The van der Waals surface area contributed by atoms with Gasteiger partial charge in [0.05, 0.1) is 17.6 Å². The number of rotatable bonds is 4. The van der Waals surface area contributed by atoms with Crippen molar-refractivity contribution in [3.63, 3.8) is 0 Å². The van der Waals surface area contributed by atoms with E-state index in [1.807, 2.05) is 37.3 Å². The zero-order valence-electron chi connectivity index (χ0n) is 13.2. The topological polar surface area (TPSA) is 60.4 Å². The molecule has 0 aliphatic rings. The van der Waals surface area contributed by atoms with E-state index in [9.17, 15) is 13.2 Å². The van der Waals surface area contributed by atoms with Gasteiger partial charge in [0.2, 0.25) is 0 Å². The van der Waals surface area contributed by atoms with E-state index in [1.54, 1.807) is 12.1 Å². The SMILES string of the molecule is COC(=O)C(=C(C)c1ccc(S(C)(=O)=O)cc1)c1ccccc1. The summed E-state index contributed by atoms with van der Waals surface area (Å²) in [4.78, 5) is 12.4. The summed E-state index contributed by atoms with van der Waals surface area (Å²) in [5, 5.41) is 0. The van der Waals surface area contributed by atoms with E-state index >= 15 is 0 Å². The first-order chi connectivity index (χ1) is 10.8. The van der Waals surface area contributed by atoms with Crippen LogP contribution in [-0.2, 0) is 19.4 Å². The van der Waals surface area contributed by atoms with Gasteiger partial charge in [-0.15, -0.1) is 0 Å². The molecule has 120 valence electrons. The quantitative estimate of drug-likeness (QED) is 0.491. The average Bonchev–Trinajstić information content (AvgIpc) is 2.55. The van der Waals surface area contributed by atoms with Gasteiger partial charge < -0.3 is 4.74 Å². The van der Waals surface area contributed by atoms with E-state index in [0.29, 0.717) is 5.57 Å². The number of allylic oxidation sites excluding steroid dienone is 1. The molecular formula is C18H18O4S. The van der Waals surface area contributed by atoms with E-state index in [4.69, 9.17) is 4.74 Å². The highest BCUT2D eigenvalue weighted by molar-refractivity contribution is 7.90. The second-order valence-corrected chi connectivity index (χ2v) is 7.17. The van der Waals surface area contributed by atoms with E-state index in [0.717, 1.165) is 23.0 Å². The zero-order chi connectivity index (χ0) is 17.0. The summed E-state index contributed by atoms with van der Waals surface area (Å²) in [6, 6.07) is 15.7. The third-order valence-electron chi connectivity index (χ3n) is 3.54. The van der Waals surface area contributed by atoms with Crippen molar-refractivity contribution in [2.75, 3.05) is 13.4 Å². The number of sulfone groups is 1. The molecule has 0 spiro atoms. The van der Waals surface area contributed by atoms with E-state index < -0.39 is 15.8 Å². The number of benzene rings is 2. The highest BCUT2D eigenvalue weighted by Gasteiger charge is 2.17. The summed E-state index contributed by atoms with van der Waals surface area (Å²) in [6.07, 6.45) is 1.16. The minimum atomic E-state index is -3.25. The Balaban J connectivity index is 2.57. The van der Waals surface area contributed by atoms with Gasteiger partial charge in [-0.05, 0) is 35.8 Å². The summed E-state index contributed by atoms with van der Waals surface area (Å²) < 4.78 is 28.0. The number of carbonyl (C=O) groups is 1. The molecule has 0 aliphatic heterocycles. The number of esters is 1. The van der Waals surface area contributed by atoms with E-state index in [1.165, 1.54) is 19.2 Å². The smallest absolute Gasteiger partial charge is 0.338 e. The molecule has 0 atom stereocenters. The van der Waals surface area contributed by atoms with Crippen LogP contribution in [0.2, 0.25) is 0 Å². The highest BCUT2D eigenvalue weighted by atomic mass is 32.2. The van der Waals surface area contributed by atoms with Crippen LogP contribution in [0.25, 0.3) is 11.1 Å². The number of hydrogen-bond donors (Lipinski definition) is 0. The van der Waals surface area contributed by atoms with Crippen LogP contribution < -0.4 is 0 Å². The van der Waals surface area contributed by atoms with Gasteiger partial charge in [0, 0.05) is 6.26 Å². The van der Waals surface area contributed by atoms with Crippen molar-refractivity contribution in [1.82, 2.24) is 0 Å². The van der Waals surface area contributed by atoms with Gasteiger partial charge in [0.15, 0.2) is 9.84 Å². The Labute approximate surface area is 136 Å². The second kappa shape index (κ2) is 6.79. The lowest BCUT2D eigenvalue weighted by molar-refractivity contribution is -0.133. The Bertz CT molecular complexity index is 832. The van der Waals surface area contributed by atoms with Gasteiger partial charge in [-0.25, -0.2) is 13.2 Å². The Hall–Kier alpha value is -2.40. The van der Waals surface area contributed by atoms with Gasteiger partial charge in [-0.3, -0.25) is 0 Å². The van der Waals surface area contributed by atoms with Crippen LogP contribution in [-0.4, -0.2) is 27.8 Å². The number of carbonyl (C=O) groups excluding carboxylic acids is 1. The molecule has 5 heteroatoms. The molecule has 0 saturated carbocycles. The van der Waals surface area contributed by atoms with Crippen LogP contribution in [0.15, 0.2) is 59.5 Å². The number of ether oxygens (including phenoxy) is 1. The van der Waals surface area contributed by atoms with Crippen molar-refractivity contribution in [1.29, 1.82) is 0 Å². The maximum Gasteiger partial charge on any atom is 0.338 e. The number of methoxy groups -OCH3 is 1. The van der Waals surface area contributed by atoms with Crippen molar-refractivity contribution in [3.05, 3.63) is 65.7 Å². The van der Waals surface area contributed by atoms with Gasteiger partial charge in [0.1, 0.15) is 0 Å². The first-order valence-corrected chi connectivity index (χ1v) is 8.89. The molecule has 2 aromatic rings. The van der Waals surface area contributed by atoms with Crippen LogP contribution >= 0.6 is 0 Å². The second-order valence-electron chi connectivity index (χ2n) is 5.15. The average molecular weight is 330 g/mol. The molecule has 0 bridgehead atoms. The first-order valence-electron chi connectivity index (χ1n) is 6.99. The summed E-state index contributed by atoms with van der Waals surface area (Å²) in [5.41, 5.74) is 2.70. The number of hydrogen-bond acceptors (Lipinski definition) is 4. The van der Waals surface area contributed by atoms with Crippen LogP contribution in [0.4, 0.5) is 0 Å². The lowest BCUT2D eigenvalue weighted by Crippen LogP contribution is -2.06. The molecule has 2 aromatic carbocycles. The van der Waals surface area contributed by atoms with Gasteiger partial charge in [-0.2, -0.15) is 0 Å². The lowest BCUT2D eigenvalue weighted by Gasteiger charge is -2.11. The highest BCUT2D eigenvalue weighted by Crippen LogP contribution is 2.27. The van der Waals surface area contributed by atoms with Crippen LogP contribution in [0.5, 0.6) is 0 Å². The minimum Gasteiger partial charge on any atom is -0.465 e. The first kappa shape index (κ1) is 17.0. The van der Waals surface area contributed by atoms with Crippen molar-refractivity contribution in [2.24, 2.45) is 0 Å². The van der Waals surface area contributed by atoms with Crippen molar-refractivity contribution in [2.45, 2.75) is 11.8 Å². The molecule has 0 unspecified atom stereocenters. The minimum absolute atomic E-state index is 0.244. The van der Waals surface area contributed by atoms with Gasteiger partial charge in [0.25, 0.3) is 0 Å². The van der Waals surface area contributed by atoms with Gasteiger partial charge in [-0.1, -0.05) is 42.5 Å². The van der Waals surface area contributed by atoms with Crippen molar-refractivity contribution in [3.8, 4) is 0 Å². The zero-order valence-corrected chi connectivity index (χ0v) is 14.1. The molecule has 0 N–H and O–H groups in total. The molecule has 4 nitrogen and oxygen atoms in total. The maximum atomic E-state index is 12.2. The van der Waals surface area contributed by atoms with Gasteiger partial charge >= 0.3 is 5.97 Å². The molecule has 0 aromatic heterocycles. The van der Waals surface area contributed by atoms with Crippen molar-refractivity contribution >= 4 is 27.0 Å². The Morgan fingerprint density at radius 1 is 0.913 bits per heavy atom. The predicted octanol–water partition coefficient (Wildman–Crippen LogP) is 3.19. The molecule has 0 aliphatic carbocycles. The molecule has 23 heavy (non-hydrogen) atoms. The predicted molar refractivity (Wildman–Crippen MR) is 90.5 cm³/mol. The molecule has 0 radical (unpaired) electrons. The van der Waals surface area contributed by atoms with E-state index in [2.05, 4.69) is 0 Å². The molecule has 2 rings (SSSR count). The third-order valence-corrected chi connectivity index (χ3v) is 4.67. The summed E-state index contributed by atoms with van der Waals surface area (Å²) >= 11 is 0. The molecule has 0 fully saturated rings. The molecule has 0 saturated heterocycles. The molecule has 0 heterocycles. The Morgan fingerprint density at radius 3 is 1.96 bits per heavy atom. The maximum absolute atomic E-state index is 12.2. The largest absolute Gasteiger partial charge is 0.465 e. The fraction of sp³-hybridized carbons (Fsp3) is 0.167. The standard InChI is InChI=1S/C18H18O4S/c1-13(14-9-11-16(12-10-14)23(3,20)21)17(18(19)22-2)15-7-5-4-6-8-15/h4-12H,1-3H3. The lowest BCUT2D eigenvalue weighted by atomic mass is 9.96. The Kier molecular flexibility index (Phi) is 5.01. The fourth-order valence-corrected chi connectivity index (χ4v) is 2.92. The monoisotopic (exact) mass is 330 g/mol. The van der Waals surface area contributed by atoms with Crippen molar-refractivity contribution < 1.29 is 17.9 Å². The fourth-order valence-electron chi connectivity index (χ4n) is 2.29.